The highest BCUT2D eigenvalue weighted by Crippen LogP contribution is 2.23. The Morgan fingerprint density at radius 3 is 2.58 bits per heavy atom. The van der Waals surface area contributed by atoms with Crippen LogP contribution < -0.4 is 5.32 Å². The number of carbonyl (C=O) groups is 1. The van der Waals surface area contributed by atoms with Gasteiger partial charge in [-0.15, -0.1) is 0 Å². The third kappa shape index (κ3) is 4.20. The van der Waals surface area contributed by atoms with E-state index in [1.54, 1.807) is 6.92 Å². The summed E-state index contributed by atoms with van der Waals surface area (Å²) in [5.41, 5.74) is -0.804. The summed E-state index contributed by atoms with van der Waals surface area (Å²) in [6, 6.07) is 0. The maximum absolute atomic E-state index is 11.2. The summed E-state index contributed by atoms with van der Waals surface area (Å²) < 4.78 is 27.5. The van der Waals surface area contributed by atoms with E-state index in [9.17, 15) is 23.4 Å². The SMILES string of the molecule is CC1(CC(C(O)C(O)CO)[SH](=O)=O)COC(C=O)N1. The lowest BCUT2D eigenvalue weighted by Gasteiger charge is -2.29. The molecule has 19 heavy (non-hydrogen) atoms. The Bertz CT molecular complexity index is 380. The highest BCUT2D eigenvalue weighted by molar-refractivity contribution is 7.73. The van der Waals surface area contributed by atoms with Crippen LogP contribution in [0, 0.1) is 0 Å². The van der Waals surface area contributed by atoms with E-state index in [-0.39, 0.29) is 13.0 Å². The molecule has 9 heteroatoms. The first-order chi connectivity index (χ1) is 8.83. The Kier molecular flexibility index (Phi) is 5.83. The molecule has 8 nitrogen and oxygen atoms in total. The molecule has 4 N–H and O–H groups in total. The summed E-state index contributed by atoms with van der Waals surface area (Å²) in [5, 5.41) is 29.3. The standard InChI is InChI=1S/C10H19NO7S/c1-10(5-18-8(4-13)11-10)2-7(19(16)17)9(15)6(14)3-12/h4,6-9,11-12,14-15,19H,2-3,5H2,1H3. The number of thiol groups is 1. The maximum Gasteiger partial charge on any atom is 0.165 e. The lowest BCUT2D eigenvalue weighted by Crippen LogP contribution is -2.50. The number of aldehydes is 1. The van der Waals surface area contributed by atoms with Crippen molar-refractivity contribution in [3.63, 3.8) is 0 Å². The molecule has 0 aromatic rings. The molecule has 1 aliphatic heterocycles. The second-order valence-electron chi connectivity index (χ2n) is 4.87. The van der Waals surface area contributed by atoms with Crippen molar-refractivity contribution >= 4 is 17.0 Å². The largest absolute Gasteiger partial charge is 0.394 e. The molecule has 0 bridgehead atoms. The van der Waals surface area contributed by atoms with Gasteiger partial charge in [-0.1, -0.05) is 0 Å². The molecular formula is C10H19NO7S. The van der Waals surface area contributed by atoms with Gasteiger partial charge < -0.3 is 20.1 Å². The van der Waals surface area contributed by atoms with Crippen molar-refractivity contribution in [2.45, 2.75) is 42.6 Å². The molecule has 0 aromatic heterocycles. The molecule has 0 saturated carbocycles. The van der Waals surface area contributed by atoms with Gasteiger partial charge in [-0.25, -0.2) is 8.42 Å². The van der Waals surface area contributed by atoms with Gasteiger partial charge in [0.05, 0.1) is 24.6 Å². The predicted molar refractivity (Wildman–Crippen MR) is 65.2 cm³/mol. The summed E-state index contributed by atoms with van der Waals surface area (Å²) in [7, 11) is -3.01. The molecule has 1 aliphatic rings. The number of hydrogen-bond acceptors (Lipinski definition) is 8. The van der Waals surface area contributed by atoms with Crippen molar-refractivity contribution < 1.29 is 33.3 Å². The lowest BCUT2D eigenvalue weighted by molar-refractivity contribution is -0.116. The Hall–Kier alpha value is -0.580. The normalized spacial score (nSPS) is 32.2. The molecular weight excluding hydrogens is 278 g/mol. The van der Waals surface area contributed by atoms with Crippen molar-refractivity contribution in [3.8, 4) is 0 Å². The van der Waals surface area contributed by atoms with E-state index >= 15 is 0 Å². The second kappa shape index (κ2) is 6.73. The Balaban J connectivity index is 2.77. The second-order valence-corrected chi connectivity index (χ2v) is 6.10. The van der Waals surface area contributed by atoms with Gasteiger partial charge in [0.1, 0.15) is 16.8 Å². The van der Waals surface area contributed by atoms with Crippen LogP contribution in [0.5, 0.6) is 0 Å². The fourth-order valence-electron chi connectivity index (χ4n) is 2.04. The highest BCUT2D eigenvalue weighted by atomic mass is 32.2. The van der Waals surface area contributed by atoms with Gasteiger partial charge in [0.15, 0.2) is 12.5 Å². The zero-order valence-electron chi connectivity index (χ0n) is 10.4. The molecule has 0 radical (unpaired) electrons. The minimum atomic E-state index is -3.01. The van der Waals surface area contributed by atoms with Gasteiger partial charge in [0.25, 0.3) is 0 Å². The first-order valence-electron chi connectivity index (χ1n) is 5.78. The van der Waals surface area contributed by atoms with Crippen molar-refractivity contribution in [2.75, 3.05) is 13.2 Å². The molecule has 0 spiro atoms. The smallest absolute Gasteiger partial charge is 0.165 e. The van der Waals surface area contributed by atoms with Crippen molar-refractivity contribution in [3.05, 3.63) is 0 Å². The van der Waals surface area contributed by atoms with Gasteiger partial charge in [0.2, 0.25) is 0 Å². The first-order valence-corrected chi connectivity index (χ1v) is 7.03. The van der Waals surface area contributed by atoms with E-state index in [0.717, 1.165) is 0 Å². The molecule has 112 valence electrons. The van der Waals surface area contributed by atoms with Crippen LogP contribution in [0.4, 0.5) is 0 Å². The van der Waals surface area contributed by atoms with Crippen LogP contribution in [-0.2, 0) is 20.2 Å². The molecule has 5 atom stereocenters. The average Bonchev–Trinajstić information content (AvgIpc) is 2.76. The van der Waals surface area contributed by atoms with Crippen LogP contribution in [0.2, 0.25) is 0 Å². The molecule has 0 aromatic carbocycles. The zero-order chi connectivity index (χ0) is 14.6. The third-order valence-electron chi connectivity index (χ3n) is 3.10. The quantitative estimate of drug-likeness (QED) is 0.248. The summed E-state index contributed by atoms with van der Waals surface area (Å²) in [6.45, 7) is 1.02. The monoisotopic (exact) mass is 297 g/mol. The van der Waals surface area contributed by atoms with E-state index in [4.69, 9.17) is 9.84 Å². The van der Waals surface area contributed by atoms with Crippen LogP contribution in [0.15, 0.2) is 0 Å². The van der Waals surface area contributed by atoms with Gasteiger partial charge in [-0.2, -0.15) is 0 Å². The highest BCUT2D eigenvalue weighted by Gasteiger charge is 2.41. The molecule has 0 aliphatic carbocycles. The molecule has 5 unspecified atom stereocenters. The van der Waals surface area contributed by atoms with Gasteiger partial charge >= 0.3 is 0 Å². The van der Waals surface area contributed by atoms with E-state index in [0.29, 0.717) is 6.29 Å². The van der Waals surface area contributed by atoms with Crippen LogP contribution in [-0.4, -0.2) is 72.5 Å². The maximum atomic E-state index is 11.2. The molecule has 0 amide bonds. The van der Waals surface area contributed by atoms with Crippen molar-refractivity contribution in [2.24, 2.45) is 0 Å². The number of rotatable bonds is 7. The Morgan fingerprint density at radius 1 is 1.53 bits per heavy atom. The fraction of sp³-hybridized carbons (Fsp3) is 0.900. The first kappa shape index (κ1) is 16.5. The molecule has 1 heterocycles. The summed E-state index contributed by atoms with van der Waals surface area (Å²) in [4.78, 5) is 10.6. The summed E-state index contributed by atoms with van der Waals surface area (Å²) in [6.07, 6.45) is -3.44. The lowest BCUT2D eigenvalue weighted by atomic mass is 9.93. The minimum absolute atomic E-state index is 0.0474. The minimum Gasteiger partial charge on any atom is -0.394 e. The number of aliphatic hydroxyl groups excluding tert-OH is 3. The molecule has 1 fully saturated rings. The molecule has 1 saturated heterocycles. The van der Waals surface area contributed by atoms with Gasteiger partial charge in [-0.3, -0.25) is 10.1 Å². The Labute approximate surface area is 112 Å². The third-order valence-corrected chi connectivity index (χ3v) is 4.13. The number of ether oxygens (including phenoxy) is 1. The number of aliphatic hydroxyl groups is 3. The van der Waals surface area contributed by atoms with Gasteiger partial charge in [-0.05, 0) is 13.3 Å². The average molecular weight is 297 g/mol. The van der Waals surface area contributed by atoms with E-state index in [2.05, 4.69) is 5.32 Å². The van der Waals surface area contributed by atoms with Crippen LogP contribution >= 0.6 is 0 Å². The fourth-order valence-corrected chi connectivity index (χ4v) is 3.04. The Morgan fingerprint density at radius 2 is 2.16 bits per heavy atom. The predicted octanol–water partition coefficient (Wildman–Crippen LogP) is -3.03. The zero-order valence-corrected chi connectivity index (χ0v) is 11.3. The van der Waals surface area contributed by atoms with Gasteiger partial charge in [0, 0.05) is 5.54 Å². The van der Waals surface area contributed by atoms with Crippen LogP contribution in [0.25, 0.3) is 0 Å². The van der Waals surface area contributed by atoms with Crippen LogP contribution in [0.1, 0.15) is 13.3 Å². The van der Waals surface area contributed by atoms with Crippen molar-refractivity contribution in [1.82, 2.24) is 5.32 Å². The number of hydrogen-bond donors (Lipinski definition) is 5. The number of carbonyl (C=O) groups excluding carboxylic acids is 1. The summed E-state index contributed by atoms with van der Waals surface area (Å²) in [5.74, 6) is 0. The van der Waals surface area contributed by atoms with E-state index in [1.807, 2.05) is 0 Å². The summed E-state index contributed by atoms with van der Waals surface area (Å²) >= 11 is 0. The van der Waals surface area contributed by atoms with E-state index in [1.165, 1.54) is 0 Å². The van der Waals surface area contributed by atoms with E-state index < -0.39 is 46.5 Å². The van der Waals surface area contributed by atoms with Crippen molar-refractivity contribution in [1.29, 1.82) is 0 Å². The number of nitrogens with one attached hydrogen (secondary N) is 1. The molecule has 1 rings (SSSR count). The topological polar surface area (TPSA) is 133 Å². The van der Waals surface area contributed by atoms with Crippen LogP contribution in [0.3, 0.4) is 0 Å².